The van der Waals surface area contributed by atoms with Crippen LogP contribution in [0.25, 0.3) is 0 Å². The molecule has 0 amide bonds. The van der Waals surface area contributed by atoms with E-state index in [9.17, 15) is 4.79 Å². The molecule has 106 valence electrons. The topological polar surface area (TPSA) is 58.6 Å². The van der Waals surface area contributed by atoms with Gasteiger partial charge in [-0.1, -0.05) is 12.1 Å². The van der Waals surface area contributed by atoms with Crippen LogP contribution in [0.4, 0.5) is 0 Å². The lowest BCUT2D eigenvalue weighted by molar-refractivity contribution is 0.0692. The molecule has 5 heteroatoms. The minimum absolute atomic E-state index is 0.196. The number of hydrogen-bond acceptors (Lipinski definition) is 4. The van der Waals surface area contributed by atoms with Gasteiger partial charge >= 0.3 is 5.97 Å². The normalized spacial score (nSPS) is 10.4. The Balaban J connectivity index is 1.76. The van der Waals surface area contributed by atoms with Gasteiger partial charge < -0.3 is 15.2 Å². The fraction of sp³-hybridized carbons (Fsp3) is 0.267. The Morgan fingerprint density at radius 3 is 2.85 bits per heavy atom. The van der Waals surface area contributed by atoms with E-state index >= 15 is 0 Å². The van der Waals surface area contributed by atoms with Crippen molar-refractivity contribution in [2.75, 3.05) is 13.2 Å². The van der Waals surface area contributed by atoms with Crippen molar-refractivity contribution < 1.29 is 14.6 Å². The van der Waals surface area contributed by atoms with Crippen molar-refractivity contribution in [1.82, 2.24) is 5.32 Å². The summed E-state index contributed by atoms with van der Waals surface area (Å²) < 4.78 is 5.51. The maximum Gasteiger partial charge on any atom is 0.339 e. The Bertz CT molecular complexity index is 580. The number of ether oxygens (including phenoxy) is 1. The van der Waals surface area contributed by atoms with E-state index in [1.54, 1.807) is 35.6 Å². The summed E-state index contributed by atoms with van der Waals surface area (Å²) in [6.07, 6.45) is 0. The number of aryl methyl sites for hydroxylation is 1. The van der Waals surface area contributed by atoms with E-state index in [-0.39, 0.29) is 5.56 Å². The van der Waals surface area contributed by atoms with Crippen molar-refractivity contribution in [2.24, 2.45) is 0 Å². The molecule has 0 unspecified atom stereocenters. The fourth-order valence-corrected chi connectivity index (χ4v) is 2.65. The molecule has 2 rings (SSSR count). The highest BCUT2D eigenvalue weighted by molar-refractivity contribution is 7.08. The molecule has 20 heavy (non-hydrogen) atoms. The molecule has 2 aromatic rings. The first kappa shape index (κ1) is 14.6. The zero-order valence-corrected chi connectivity index (χ0v) is 12.1. The molecule has 0 atom stereocenters. The SMILES string of the molecule is Cc1cscc1CNCCOc1ccccc1C(=O)O. The lowest BCUT2D eigenvalue weighted by Gasteiger charge is -2.09. The van der Waals surface area contributed by atoms with Gasteiger partial charge in [0.2, 0.25) is 0 Å². The van der Waals surface area contributed by atoms with Crippen LogP contribution in [0.15, 0.2) is 35.0 Å². The number of para-hydroxylation sites is 1. The van der Waals surface area contributed by atoms with Gasteiger partial charge in [0.15, 0.2) is 0 Å². The molecule has 4 nitrogen and oxygen atoms in total. The number of hydrogen-bond donors (Lipinski definition) is 2. The maximum atomic E-state index is 11.0. The van der Waals surface area contributed by atoms with Gasteiger partial charge in [-0.15, -0.1) is 0 Å². The van der Waals surface area contributed by atoms with E-state index in [4.69, 9.17) is 9.84 Å². The number of benzene rings is 1. The summed E-state index contributed by atoms with van der Waals surface area (Å²) >= 11 is 1.70. The molecule has 0 spiro atoms. The van der Waals surface area contributed by atoms with Gasteiger partial charge in [0.1, 0.15) is 17.9 Å². The summed E-state index contributed by atoms with van der Waals surface area (Å²) in [5, 5.41) is 16.6. The van der Waals surface area contributed by atoms with Gasteiger partial charge in [-0.3, -0.25) is 0 Å². The van der Waals surface area contributed by atoms with E-state index < -0.39 is 5.97 Å². The van der Waals surface area contributed by atoms with Crippen LogP contribution in [-0.4, -0.2) is 24.2 Å². The summed E-state index contributed by atoms with van der Waals surface area (Å²) in [6, 6.07) is 6.67. The third kappa shape index (κ3) is 3.82. The molecule has 1 aromatic heterocycles. The van der Waals surface area contributed by atoms with E-state index in [2.05, 4.69) is 23.0 Å². The van der Waals surface area contributed by atoms with Crippen LogP contribution in [0.3, 0.4) is 0 Å². The number of thiophene rings is 1. The predicted octanol–water partition coefficient (Wildman–Crippen LogP) is 2.92. The number of carboxylic acids is 1. The van der Waals surface area contributed by atoms with Crippen LogP contribution in [0.5, 0.6) is 5.75 Å². The highest BCUT2D eigenvalue weighted by atomic mass is 32.1. The lowest BCUT2D eigenvalue weighted by Crippen LogP contribution is -2.21. The molecule has 0 aliphatic heterocycles. The molecular weight excluding hydrogens is 274 g/mol. The zero-order valence-electron chi connectivity index (χ0n) is 11.3. The van der Waals surface area contributed by atoms with E-state index in [1.165, 1.54) is 11.1 Å². The smallest absolute Gasteiger partial charge is 0.339 e. The van der Waals surface area contributed by atoms with E-state index in [0.717, 1.165) is 6.54 Å². The number of nitrogens with one attached hydrogen (secondary N) is 1. The van der Waals surface area contributed by atoms with Crippen molar-refractivity contribution in [3.8, 4) is 5.75 Å². The highest BCUT2D eigenvalue weighted by Gasteiger charge is 2.09. The first-order valence-corrected chi connectivity index (χ1v) is 7.30. The Kier molecular flexibility index (Phi) is 5.15. The van der Waals surface area contributed by atoms with Gasteiger partial charge in [-0.2, -0.15) is 11.3 Å². The van der Waals surface area contributed by atoms with Crippen molar-refractivity contribution in [2.45, 2.75) is 13.5 Å². The van der Waals surface area contributed by atoms with Crippen LogP contribution in [-0.2, 0) is 6.54 Å². The lowest BCUT2D eigenvalue weighted by atomic mass is 10.2. The molecule has 0 radical (unpaired) electrons. The molecule has 0 aliphatic rings. The number of aromatic carboxylic acids is 1. The summed E-state index contributed by atoms with van der Waals surface area (Å²) in [5.74, 6) is -0.559. The number of carboxylic acid groups (broad SMARTS) is 1. The van der Waals surface area contributed by atoms with Crippen molar-refractivity contribution in [3.63, 3.8) is 0 Å². The molecule has 0 saturated heterocycles. The standard InChI is InChI=1S/C15H17NO3S/c1-11-9-20-10-12(11)8-16-6-7-19-14-5-3-2-4-13(14)15(17)18/h2-5,9-10,16H,6-8H2,1H3,(H,17,18). The molecule has 2 N–H and O–H groups in total. The van der Waals surface area contributed by atoms with Crippen LogP contribution in [0.2, 0.25) is 0 Å². The zero-order chi connectivity index (χ0) is 14.4. The molecule has 0 fully saturated rings. The van der Waals surface area contributed by atoms with Gasteiger partial charge in [0.05, 0.1) is 0 Å². The average molecular weight is 291 g/mol. The summed E-state index contributed by atoms with van der Waals surface area (Å²) in [7, 11) is 0. The van der Waals surface area contributed by atoms with Crippen molar-refractivity contribution in [3.05, 3.63) is 51.7 Å². The Labute approximate surface area is 122 Å². The molecule has 1 heterocycles. The van der Waals surface area contributed by atoms with Gasteiger partial charge in [-0.05, 0) is 40.9 Å². The van der Waals surface area contributed by atoms with Crippen LogP contribution in [0, 0.1) is 6.92 Å². The molecule has 0 saturated carbocycles. The van der Waals surface area contributed by atoms with Gasteiger partial charge in [0, 0.05) is 13.1 Å². The molecule has 1 aromatic carbocycles. The van der Waals surface area contributed by atoms with Crippen LogP contribution < -0.4 is 10.1 Å². The first-order valence-electron chi connectivity index (χ1n) is 6.36. The van der Waals surface area contributed by atoms with Crippen LogP contribution >= 0.6 is 11.3 Å². The monoisotopic (exact) mass is 291 g/mol. The maximum absolute atomic E-state index is 11.0. The molecule has 0 aliphatic carbocycles. The van der Waals surface area contributed by atoms with Gasteiger partial charge in [0.25, 0.3) is 0 Å². The van der Waals surface area contributed by atoms with Crippen molar-refractivity contribution >= 4 is 17.3 Å². The van der Waals surface area contributed by atoms with E-state index in [0.29, 0.717) is 18.9 Å². The average Bonchev–Trinajstić information content (AvgIpc) is 2.84. The van der Waals surface area contributed by atoms with E-state index in [1.807, 2.05) is 0 Å². The third-order valence-electron chi connectivity index (χ3n) is 2.93. The minimum atomic E-state index is -0.970. The summed E-state index contributed by atoms with van der Waals surface area (Å²) in [4.78, 5) is 11.0. The van der Waals surface area contributed by atoms with Crippen LogP contribution in [0.1, 0.15) is 21.5 Å². The molecular formula is C15H17NO3S. The second kappa shape index (κ2) is 7.07. The van der Waals surface area contributed by atoms with Gasteiger partial charge in [-0.25, -0.2) is 4.79 Å². The minimum Gasteiger partial charge on any atom is -0.491 e. The Morgan fingerprint density at radius 2 is 2.15 bits per heavy atom. The highest BCUT2D eigenvalue weighted by Crippen LogP contribution is 2.17. The second-order valence-corrected chi connectivity index (χ2v) is 5.15. The molecule has 0 bridgehead atoms. The van der Waals surface area contributed by atoms with Crippen molar-refractivity contribution in [1.29, 1.82) is 0 Å². The second-order valence-electron chi connectivity index (χ2n) is 4.41. The quantitative estimate of drug-likeness (QED) is 0.770. The third-order valence-corrected chi connectivity index (χ3v) is 3.84. The fourth-order valence-electron chi connectivity index (χ4n) is 1.79. The Morgan fingerprint density at radius 1 is 1.35 bits per heavy atom. The predicted molar refractivity (Wildman–Crippen MR) is 79.7 cm³/mol. The number of carbonyl (C=O) groups is 1. The summed E-state index contributed by atoms with van der Waals surface area (Å²) in [5.41, 5.74) is 2.78. The Hall–Kier alpha value is -1.85. The first-order chi connectivity index (χ1) is 9.68. The number of rotatable bonds is 7. The largest absolute Gasteiger partial charge is 0.491 e. The summed E-state index contributed by atoms with van der Waals surface area (Å²) in [6.45, 7) is 4.00.